The highest BCUT2D eigenvalue weighted by Gasteiger charge is 2.25. The lowest BCUT2D eigenvalue weighted by Gasteiger charge is -2.28. The van der Waals surface area contributed by atoms with Gasteiger partial charge in [-0.15, -0.1) is 0 Å². The highest BCUT2D eigenvalue weighted by Crippen LogP contribution is 2.32. The number of hydrogen-bond acceptors (Lipinski definition) is 5. The summed E-state index contributed by atoms with van der Waals surface area (Å²) in [4.78, 5) is 16.7. The Morgan fingerprint density at radius 2 is 1.68 bits per heavy atom. The molecule has 0 saturated carbocycles. The molecular weight excluding hydrogens is 538 g/mol. The van der Waals surface area contributed by atoms with E-state index in [0.29, 0.717) is 18.7 Å². The van der Waals surface area contributed by atoms with Crippen LogP contribution in [0.25, 0.3) is 0 Å². The van der Waals surface area contributed by atoms with Gasteiger partial charge in [0.05, 0.1) is 10.0 Å². The van der Waals surface area contributed by atoms with Crippen molar-refractivity contribution in [1.82, 2.24) is 4.90 Å². The van der Waals surface area contributed by atoms with Crippen molar-refractivity contribution in [3.05, 3.63) is 87.7 Å². The molecule has 0 aliphatic carbocycles. The molecule has 0 aliphatic rings. The molecule has 3 rings (SSSR count). The van der Waals surface area contributed by atoms with E-state index >= 15 is 0 Å². The fourth-order valence-corrected chi connectivity index (χ4v) is 5.14. The van der Waals surface area contributed by atoms with Crippen LogP contribution in [0, 0.1) is 5.82 Å². The summed E-state index contributed by atoms with van der Waals surface area (Å²) in [6.45, 7) is 9.07. The predicted octanol–water partition coefficient (Wildman–Crippen LogP) is 6.80. The van der Waals surface area contributed by atoms with Gasteiger partial charge in [-0.05, 0) is 70.2 Å². The SMILES string of the molecule is CCN(CC)c1ccc(CN(C(=O)c2cccc(F)c2)C(C)C)c(OS(=O)(=O)c2ccc(Cl)c(Cl)c2)c1. The van der Waals surface area contributed by atoms with E-state index in [1.165, 1.54) is 47.4 Å². The van der Waals surface area contributed by atoms with Gasteiger partial charge in [0.25, 0.3) is 5.91 Å². The van der Waals surface area contributed by atoms with Crippen LogP contribution in [-0.4, -0.2) is 38.4 Å². The Hall–Kier alpha value is -2.81. The number of carbonyl (C=O) groups excluding carboxylic acids is 1. The van der Waals surface area contributed by atoms with Gasteiger partial charge in [0.2, 0.25) is 0 Å². The van der Waals surface area contributed by atoms with Crippen molar-refractivity contribution in [2.45, 2.75) is 45.2 Å². The molecule has 198 valence electrons. The highest BCUT2D eigenvalue weighted by atomic mass is 35.5. The van der Waals surface area contributed by atoms with Gasteiger partial charge in [-0.25, -0.2) is 4.39 Å². The summed E-state index contributed by atoms with van der Waals surface area (Å²) in [6.07, 6.45) is 0. The number of carbonyl (C=O) groups is 1. The molecule has 0 fully saturated rings. The average molecular weight is 568 g/mol. The molecule has 6 nitrogen and oxygen atoms in total. The van der Waals surface area contributed by atoms with Crippen LogP contribution in [0.3, 0.4) is 0 Å². The highest BCUT2D eigenvalue weighted by molar-refractivity contribution is 7.87. The number of nitrogens with zero attached hydrogens (tertiary/aromatic N) is 2. The number of benzene rings is 3. The number of amides is 1. The maximum absolute atomic E-state index is 13.8. The normalized spacial score (nSPS) is 11.5. The number of halogens is 3. The third-order valence-electron chi connectivity index (χ3n) is 5.86. The third kappa shape index (κ3) is 6.94. The monoisotopic (exact) mass is 566 g/mol. The fourth-order valence-electron chi connectivity index (χ4n) is 3.80. The van der Waals surface area contributed by atoms with Gasteiger partial charge >= 0.3 is 10.1 Å². The van der Waals surface area contributed by atoms with Crippen molar-refractivity contribution in [2.24, 2.45) is 0 Å². The van der Waals surface area contributed by atoms with Gasteiger partial charge in [-0.3, -0.25) is 4.79 Å². The topological polar surface area (TPSA) is 66.9 Å². The minimum absolute atomic E-state index is 0.0395. The van der Waals surface area contributed by atoms with E-state index in [9.17, 15) is 17.6 Å². The Morgan fingerprint density at radius 3 is 2.27 bits per heavy atom. The lowest BCUT2D eigenvalue weighted by molar-refractivity contribution is 0.0689. The zero-order valence-electron chi connectivity index (χ0n) is 21.0. The van der Waals surface area contributed by atoms with Gasteiger partial charge in [0, 0.05) is 48.6 Å². The first-order valence-corrected chi connectivity index (χ1v) is 14.0. The van der Waals surface area contributed by atoms with E-state index in [0.717, 1.165) is 5.69 Å². The van der Waals surface area contributed by atoms with Crippen molar-refractivity contribution in [2.75, 3.05) is 18.0 Å². The van der Waals surface area contributed by atoms with Crippen molar-refractivity contribution in [3.8, 4) is 5.75 Å². The van der Waals surface area contributed by atoms with Crippen molar-refractivity contribution in [3.63, 3.8) is 0 Å². The second-order valence-corrected chi connectivity index (χ2v) is 11.0. The van der Waals surface area contributed by atoms with Gasteiger partial charge in [-0.2, -0.15) is 8.42 Å². The van der Waals surface area contributed by atoms with E-state index in [-0.39, 0.29) is 44.7 Å². The van der Waals surface area contributed by atoms with Crippen molar-refractivity contribution in [1.29, 1.82) is 0 Å². The lowest BCUT2D eigenvalue weighted by atomic mass is 10.1. The average Bonchev–Trinajstić information content (AvgIpc) is 2.85. The van der Waals surface area contributed by atoms with Crippen LogP contribution in [0.5, 0.6) is 5.75 Å². The van der Waals surface area contributed by atoms with Crippen LogP contribution in [0.4, 0.5) is 10.1 Å². The molecule has 3 aromatic rings. The summed E-state index contributed by atoms with van der Waals surface area (Å²) in [5.74, 6) is -0.830. The first-order valence-electron chi connectivity index (χ1n) is 11.8. The summed E-state index contributed by atoms with van der Waals surface area (Å²) in [5, 5.41) is 0.295. The fraction of sp³-hybridized carbons (Fsp3) is 0.296. The molecule has 0 heterocycles. The summed E-state index contributed by atoms with van der Waals surface area (Å²) < 4.78 is 45.8. The van der Waals surface area contributed by atoms with Gasteiger partial charge in [0.1, 0.15) is 16.5 Å². The summed E-state index contributed by atoms with van der Waals surface area (Å²) >= 11 is 12.0. The van der Waals surface area contributed by atoms with Crippen LogP contribution < -0.4 is 9.08 Å². The molecule has 0 aromatic heterocycles. The molecule has 1 amide bonds. The molecule has 37 heavy (non-hydrogen) atoms. The summed E-state index contributed by atoms with van der Waals surface area (Å²) in [7, 11) is -4.28. The van der Waals surface area contributed by atoms with E-state index in [1.807, 2.05) is 38.7 Å². The Morgan fingerprint density at radius 1 is 0.973 bits per heavy atom. The molecule has 0 aliphatic heterocycles. The van der Waals surface area contributed by atoms with Gasteiger partial charge in [0.15, 0.2) is 0 Å². The smallest absolute Gasteiger partial charge is 0.339 e. The second kappa shape index (κ2) is 12.2. The zero-order chi connectivity index (χ0) is 27.3. The van der Waals surface area contributed by atoms with E-state index < -0.39 is 15.9 Å². The third-order valence-corrected chi connectivity index (χ3v) is 7.82. The van der Waals surface area contributed by atoms with Crippen molar-refractivity contribution >= 4 is 44.9 Å². The predicted molar refractivity (Wildman–Crippen MR) is 146 cm³/mol. The number of anilines is 1. The van der Waals surface area contributed by atoms with Crippen LogP contribution in [-0.2, 0) is 16.7 Å². The van der Waals surface area contributed by atoms with Crippen LogP contribution in [0.2, 0.25) is 10.0 Å². The Bertz CT molecular complexity index is 1380. The van der Waals surface area contributed by atoms with Gasteiger partial charge < -0.3 is 14.0 Å². The van der Waals surface area contributed by atoms with Crippen molar-refractivity contribution < 1.29 is 21.8 Å². The molecule has 10 heteroatoms. The summed E-state index contributed by atoms with van der Waals surface area (Å²) in [5.41, 5.74) is 1.43. The lowest BCUT2D eigenvalue weighted by Crippen LogP contribution is -2.36. The summed E-state index contributed by atoms with van der Waals surface area (Å²) in [6, 6.07) is 14.3. The molecule has 0 radical (unpaired) electrons. The standard InChI is InChI=1S/C27H29Cl2FN2O4S/c1-5-31(6-2)22-11-10-20(17-32(18(3)4)27(33)19-8-7-9-21(30)14-19)26(15-22)36-37(34,35)23-12-13-24(28)25(29)16-23/h7-16,18H,5-6,17H2,1-4H3. The minimum Gasteiger partial charge on any atom is -0.379 e. The van der Waals surface area contributed by atoms with E-state index in [1.54, 1.807) is 12.1 Å². The molecule has 0 unspecified atom stereocenters. The maximum atomic E-state index is 13.8. The molecule has 0 N–H and O–H groups in total. The largest absolute Gasteiger partial charge is 0.379 e. The van der Waals surface area contributed by atoms with Crippen LogP contribution in [0.1, 0.15) is 43.6 Å². The number of rotatable bonds is 10. The minimum atomic E-state index is -4.28. The Kier molecular flexibility index (Phi) is 9.45. The molecule has 3 aromatic carbocycles. The number of hydrogen-bond donors (Lipinski definition) is 0. The first kappa shape index (κ1) is 28.8. The quantitative estimate of drug-likeness (QED) is 0.252. The second-order valence-electron chi connectivity index (χ2n) is 8.61. The molecular formula is C27H29Cl2FN2O4S. The Balaban J connectivity index is 2.05. The van der Waals surface area contributed by atoms with E-state index in [2.05, 4.69) is 0 Å². The maximum Gasteiger partial charge on any atom is 0.339 e. The van der Waals surface area contributed by atoms with E-state index in [4.69, 9.17) is 27.4 Å². The molecule has 0 bridgehead atoms. The van der Waals surface area contributed by atoms with Crippen LogP contribution >= 0.6 is 23.2 Å². The molecule has 0 spiro atoms. The zero-order valence-corrected chi connectivity index (χ0v) is 23.4. The molecule has 0 atom stereocenters. The first-order chi connectivity index (χ1) is 17.5. The molecule has 0 saturated heterocycles. The Labute approximate surface area is 227 Å². The van der Waals surface area contributed by atoms with Gasteiger partial charge in [-0.1, -0.05) is 35.3 Å². The van der Waals surface area contributed by atoms with Crippen LogP contribution in [0.15, 0.2) is 65.6 Å².